The molecule has 3 unspecified atom stereocenters. The van der Waals surface area contributed by atoms with Crippen molar-refractivity contribution in [2.24, 2.45) is 28.9 Å². The Labute approximate surface area is 105 Å². The van der Waals surface area contributed by atoms with Crippen LogP contribution in [0.15, 0.2) is 0 Å². The number of hydrogen-bond donors (Lipinski definition) is 2. The smallest absolute Gasteiger partial charge is 0.0718 e. The number of fused-ring (bicyclic) bond motifs is 2. The standard InChI is InChI=1S/C15H27NO/c1-11-4-6-15(17,7-5-11)14(10-16)9-12-2-3-13(14)8-12/h11-13,17H,2-10,16H2,1H3. The zero-order valence-corrected chi connectivity index (χ0v) is 11.1. The largest absolute Gasteiger partial charge is 0.389 e. The van der Waals surface area contributed by atoms with Crippen molar-refractivity contribution in [1.82, 2.24) is 0 Å². The maximum atomic E-state index is 11.2. The molecule has 0 spiro atoms. The first-order valence-electron chi connectivity index (χ1n) is 7.52. The Balaban J connectivity index is 1.85. The van der Waals surface area contributed by atoms with E-state index < -0.39 is 5.60 Å². The van der Waals surface area contributed by atoms with Crippen molar-refractivity contribution in [3.05, 3.63) is 0 Å². The number of rotatable bonds is 2. The highest BCUT2D eigenvalue weighted by molar-refractivity contribution is 5.11. The van der Waals surface area contributed by atoms with Crippen LogP contribution in [0.1, 0.15) is 58.3 Å². The quantitative estimate of drug-likeness (QED) is 0.775. The number of nitrogens with two attached hydrogens (primary N) is 1. The van der Waals surface area contributed by atoms with Gasteiger partial charge in [-0.05, 0) is 62.7 Å². The van der Waals surface area contributed by atoms with Crippen LogP contribution >= 0.6 is 0 Å². The summed E-state index contributed by atoms with van der Waals surface area (Å²) in [6, 6.07) is 0. The fourth-order valence-corrected chi connectivity index (χ4v) is 5.19. The third-order valence-corrected chi connectivity index (χ3v) is 6.37. The SMILES string of the molecule is CC1CCC(O)(C2(CN)CC3CCC2C3)CC1. The van der Waals surface area contributed by atoms with Crippen LogP contribution in [-0.2, 0) is 0 Å². The summed E-state index contributed by atoms with van der Waals surface area (Å²) in [4.78, 5) is 0. The molecule has 0 heterocycles. The van der Waals surface area contributed by atoms with Gasteiger partial charge in [-0.25, -0.2) is 0 Å². The predicted molar refractivity (Wildman–Crippen MR) is 69.5 cm³/mol. The van der Waals surface area contributed by atoms with Crippen molar-refractivity contribution in [3.8, 4) is 0 Å². The average molecular weight is 237 g/mol. The monoisotopic (exact) mass is 237 g/mol. The summed E-state index contributed by atoms with van der Waals surface area (Å²) < 4.78 is 0. The van der Waals surface area contributed by atoms with Gasteiger partial charge in [-0.1, -0.05) is 13.3 Å². The molecule has 0 aromatic heterocycles. The molecule has 3 rings (SSSR count). The second-order valence-electron chi connectivity index (χ2n) is 7.15. The van der Waals surface area contributed by atoms with Crippen LogP contribution in [0.4, 0.5) is 0 Å². The lowest BCUT2D eigenvalue weighted by molar-refractivity contribution is -0.136. The van der Waals surface area contributed by atoms with E-state index in [0.29, 0.717) is 6.54 Å². The topological polar surface area (TPSA) is 46.2 Å². The van der Waals surface area contributed by atoms with Gasteiger partial charge >= 0.3 is 0 Å². The predicted octanol–water partition coefficient (Wildman–Crippen LogP) is 2.69. The Bertz CT molecular complexity index is 295. The van der Waals surface area contributed by atoms with Crippen molar-refractivity contribution in [2.75, 3.05) is 6.54 Å². The maximum Gasteiger partial charge on any atom is 0.0718 e. The second kappa shape index (κ2) is 3.96. The van der Waals surface area contributed by atoms with Crippen LogP contribution in [0.25, 0.3) is 0 Å². The highest BCUT2D eigenvalue weighted by Gasteiger charge is 2.60. The minimum Gasteiger partial charge on any atom is -0.389 e. The first-order valence-corrected chi connectivity index (χ1v) is 7.52. The van der Waals surface area contributed by atoms with E-state index in [9.17, 15) is 5.11 Å². The van der Waals surface area contributed by atoms with Crippen molar-refractivity contribution in [2.45, 2.75) is 63.9 Å². The molecule has 98 valence electrons. The fraction of sp³-hybridized carbons (Fsp3) is 1.00. The molecule has 3 fully saturated rings. The van der Waals surface area contributed by atoms with Crippen LogP contribution < -0.4 is 5.73 Å². The molecule has 0 radical (unpaired) electrons. The highest BCUT2D eigenvalue weighted by atomic mass is 16.3. The van der Waals surface area contributed by atoms with E-state index in [1.165, 1.54) is 38.5 Å². The zero-order valence-electron chi connectivity index (χ0n) is 11.1. The molecule has 3 N–H and O–H groups in total. The van der Waals surface area contributed by atoms with Gasteiger partial charge in [-0.3, -0.25) is 0 Å². The molecular formula is C15H27NO. The Hall–Kier alpha value is -0.0800. The van der Waals surface area contributed by atoms with Crippen LogP contribution in [0.3, 0.4) is 0 Å². The molecule has 3 aliphatic rings. The van der Waals surface area contributed by atoms with Gasteiger partial charge in [0, 0.05) is 12.0 Å². The average Bonchev–Trinajstić information content (AvgIpc) is 2.93. The summed E-state index contributed by atoms with van der Waals surface area (Å²) in [7, 11) is 0. The van der Waals surface area contributed by atoms with Gasteiger partial charge in [0.2, 0.25) is 0 Å². The van der Waals surface area contributed by atoms with E-state index in [1.54, 1.807) is 0 Å². The molecular weight excluding hydrogens is 210 g/mol. The van der Waals surface area contributed by atoms with E-state index in [4.69, 9.17) is 5.73 Å². The van der Waals surface area contributed by atoms with E-state index in [1.807, 2.05) is 0 Å². The lowest BCUT2D eigenvalue weighted by Crippen LogP contribution is -2.57. The van der Waals surface area contributed by atoms with Gasteiger partial charge in [0.1, 0.15) is 0 Å². The normalized spacial score (nSPS) is 54.2. The van der Waals surface area contributed by atoms with Crippen molar-refractivity contribution >= 4 is 0 Å². The molecule has 17 heavy (non-hydrogen) atoms. The zero-order chi connectivity index (χ0) is 12.1. The minimum absolute atomic E-state index is 0.0794. The van der Waals surface area contributed by atoms with Crippen LogP contribution in [0.2, 0.25) is 0 Å². The minimum atomic E-state index is -0.436. The highest BCUT2D eigenvalue weighted by Crippen LogP contribution is 2.62. The molecule has 0 aromatic rings. The van der Waals surface area contributed by atoms with E-state index in [2.05, 4.69) is 6.92 Å². The third-order valence-electron chi connectivity index (χ3n) is 6.37. The molecule has 2 nitrogen and oxygen atoms in total. The number of aliphatic hydroxyl groups is 1. The van der Waals surface area contributed by atoms with Crippen LogP contribution in [0.5, 0.6) is 0 Å². The van der Waals surface area contributed by atoms with Gasteiger partial charge in [-0.2, -0.15) is 0 Å². The first kappa shape index (κ1) is 12.0. The lowest BCUT2D eigenvalue weighted by Gasteiger charge is -2.52. The van der Waals surface area contributed by atoms with Gasteiger partial charge < -0.3 is 10.8 Å². The Morgan fingerprint density at radius 2 is 1.88 bits per heavy atom. The number of hydrogen-bond acceptors (Lipinski definition) is 2. The second-order valence-corrected chi connectivity index (χ2v) is 7.15. The van der Waals surface area contributed by atoms with E-state index in [0.717, 1.165) is 30.6 Å². The summed E-state index contributed by atoms with van der Waals surface area (Å²) in [5.41, 5.74) is 5.79. The molecule has 0 saturated heterocycles. The molecule has 3 aliphatic carbocycles. The molecule has 0 aliphatic heterocycles. The van der Waals surface area contributed by atoms with Crippen LogP contribution in [0, 0.1) is 23.2 Å². The van der Waals surface area contributed by atoms with Gasteiger partial charge in [-0.15, -0.1) is 0 Å². The molecule has 3 atom stereocenters. The summed E-state index contributed by atoms with van der Waals surface area (Å²) in [6.07, 6.45) is 9.63. The summed E-state index contributed by atoms with van der Waals surface area (Å²) >= 11 is 0. The van der Waals surface area contributed by atoms with E-state index in [-0.39, 0.29) is 5.41 Å². The van der Waals surface area contributed by atoms with Crippen molar-refractivity contribution in [3.63, 3.8) is 0 Å². The summed E-state index contributed by atoms with van der Waals surface area (Å²) in [5, 5.41) is 11.2. The Morgan fingerprint density at radius 3 is 2.35 bits per heavy atom. The molecule has 0 amide bonds. The van der Waals surface area contributed by atoms with Crippen LogP contribution in [-0.4, -0.2) is 17.3 Å². The van der Waals surface area contributed by atoms with Crippen molar-refractivity contribution in [1.29, 1.82) is 0 Å². The lowest BCUT2D eigenvalue weighted by atomic mass is 9.57. The van der Waals surface area contributed by atoms with Gasteiger partial charge in [0.25, 0.3) is 0 Å². The fourth-order valence-electron chi connectivity index (χ4n) is 5.19. The molecule has 2 heteroatoms. The maximum absolute atomic E-state index is 11.2. The van der Waals surface area contributed by atoms with Gasteiger partial charge in [0.15, 0.2) is 0 Å². The Kier molecular flexibility index (Phi) is 2.79. The molecule has 2 bridgehead atoms. The summed E-state index contributed by atoms with van der Waals surface area (Å²) in [5.74, 6) is 2.38. The van der Waals surface area contributed by atoms with Gasteiger partial charge in [0.05, 0.1) is 5.60 Å². The van der Waals surface area contributed by atoms with Crippen molar-refractivity contribution < 1.29 is 5.11 Å². The third kappa shape index (κ3) is 1.60. The first-order chi connectivity index (χ1) is 8.10. The summed E-state index contributed by atoms with van der Waals surface area (Å²) in [6.45, 7) is 3.02. The molecule has 0 aromatic carbocycles. The van der Waals surface area contributed by atoms with E-state index >= 15 is 0 Å². The Morgan fingerprint density at radius 1 is 1.18 bits per heavy atom. The molecule has 3 saturated carbocycles.